The van der Waals surface area contributed by atoms with Crippen LogP contribution in [0.15, 0.2) is 12.1 Å². The third kappa shape index (κ3) is 2.44. The molecule has 2 heterocycles. The van der Waals surface area contributed by atoms with Crippen LogP contribution < -0.4 is 0 Å². The SMILES string of the molecule is Cc1ccc(COC2CN(Cl)C2)s1. The van der Waals surface area contributed by atoms with Crippen LogP contribution in [0.2, 0.25) is 0 Å². The number of aryl methyl sites for hydroxylation is 1. The highest BCUT2D eigenvalue weighted by atomic mass is 35.5. The summed E-state index contributed by atoms with van der Waals surface area (Å²) in [5.74, 6) is 0. The van der Waals surface area contributed by atoms with Gasteiger partial charge in [-0.3, -0.25) is 0 Å². The molecule has 0 bridgehead atoms. The summed E-state index contributed by atoms with van der Waals surface area (Å²) in [6.07, 6.45) is 0.333. The lowest BCUT2D eigenvalue weighted by molar-refractivity contribution is -0.0279. The maximum atomic E-state index is 5.69. The Labute approximate surface area is 87.2 Å². The molecule has 0 atom stereocenters. The van der Waals surface area contributed by atoms with Crippen LogP contribution in [0.25, 0.3) is 0 Å². The minimum Gasteiger partial charge on any atom is -0.370 e. The first-order chi connectivity index (χ1) is 6.24. The second-order valence-corrected chi connectivity index (χ2v) is 5.12. The third-order valence-corrected chi connectivity index (χ3v) is 3.31. The van der Waals surface area contributed by atoms with Gasteiger partial charge >= 0.3 is 0 Å². The zero-order valence-corrected chi connectivity index (χ0v) is 9.07. The largest absolute Gasteiger partial charge is 0.370 e. The van der Waals surface area contributed by atoms with Crippen molar-refractivity contribution < 1.29 is 4.74 Å². The first kappa shape index (κ1) is 9.46. The van der Waals surface area contributed by atoms with Crippen molar-refractivity contribution in [1.29, 1.82) is 0 Å². The van der Waals surface area contributed by atoms with Gasteiger partial charge in [-0.25, -0.2) is 4.42 Å². The van der Waals surface area contributed by atoms with Crippen molar-refractivity contribution in [3.8, 4) is 0 Å². The van der Waals surface area contributed by atoms with Gasteiger partial charge in [-0.2, -0.15) is 0 Å². The summed E-state index contributed by atoms with van der Waals surface area (Å²) in [6.45, 7) is 4.55. The Hall–Kier alpha value is -0.0900. The monoisotopic (exact) mass is 217 g/mol. The number of halogens is 1. The second-order valence-electron chi connectivity index (χ2n) is 3.27. The minimum atomic E-state index is 0.333. The van der Waals surface area contributed by atoms with Gasteiger partial charge in [-0.15, -0.1) is 11.3 Å². The van der Waals surface area contributed by atoms with E-state index in [2.05, 4.69) is 19.1 Å². The van der Waals surface area contributed by atoms with E-state index in [1.165, 1.54) is 9.75 Å². The first-order valence-electron chi connectivity index (χ1n) is 4.31. The molecule has 0 radical (unpaired) electrons. The van der Waals surface area contributed by atoms with Crippen LogP contribution >= 0.6 is 23.1 Å². The van der Waals surface area contributed by atoms with Gasteiger partial charge in [0.05, 0.1) is 12.7 Å². The van der Waals surface area contributed by atoms with E-state index in [-0.39, 0.29) is 0 Å². The smallest absolute Gasteiger partial charge is 0.0860 e. The molecule has 4 heteroatoms. The number of rotatable bonds is 3. The minimum absolute atomic E-state index is 0.333. The van der Waals surface area contributed by atoms with E-state index >= 15 is 0 Å². The summed E-state index contributed by atoms with van der Waals surface area (Å²) < 4.78 is 7.37. The van der Waals surface area contributed by atoms with Gasteiger partial charge in [-0.1, -0.05) is 0 Å². The van der Waals surface area contributed by atoms with Crippen LogP contribution in [0.4, 0.5) is 0 Å². The fraction of sp³-hybridized carbons (Fsp3) is 0.556. The summed E-state index contributed by atoms with van der Waals surface area (Å²) >= 11 is 7.48. The van der Waals surface area contributed by atoms with E-state index in [0.717, 1.165) is 19.7 Å². The lowest BCUT2D eigenvalue weighted by atomic mass is 10.2. The van der Waals surface area contributed by atoms with Gasteiger partial charge in [0.1, 0.15) is 0 Å². The van der Waals surface area contributed by atoms with Crippen molar-refractivity contribution in [1.82, 2.24) is 4.42 Å². The molecular weight excluding hydrogens is 206 g/mol. The molecule has 0 saturated carbocycles. The number of hydrogen-bond donors (Lipinski definition) is 0. The summed E-state index contributed by atoms with van der Waals surface area (Å²) in [7, 11) is 0. The van der Waals surface area contributed by atoms with Gasteiger partial charge in [0.2, 0.25) is 0 Å². The van der Waals surface area contributed by atoms with Crippen molar-refractivity contribution in [3.63, 3.8) is 0 Å². The Kier molecular flexibility index (Phi) is 2.89. The Morgan fingerprint density at radius 3 is 2.92 bits per heavy atom. The van der Waals surface area contributed by atoms with E-state index in [1.54, 1.807) is 15.8 Å². The molecule has 1 aliphatic heterocycles. The molecule has 1 aromatic heterocycles. The standard InChI is InChI=1S/C9H12ClNOS/c1-7-2-3-9(13-7)6-12-8-4-11(10)5-8/h2-3,8H,4-6H2,1H3. The predicted octanol–water partition coefficient (Wildman–Crippen LogP) is 2.41. The van der Waals surface area contributed by atoms with Crippen molar-refractivity contribution in [2.24, 2.45) is 0 Å². The van der Waals surface area contributed by atoms with Gasteiger partial charge in [-0.05, 0) is 30.8 Å². The summed E-state index contributed by atoms with van der Waals surface area (Å²) in [5, 5.41) is 0. The summed E-state index contributed by atoms with van der Waals surface area (Å²) in [6, 6.07) is 4.25. The van der Waals surface area contributed by atoms with Crippen LogP contribution in [-0.2, 0) is 11.3 Å². The Morgan fingerprint density at radius 2 is 2.38 bits per heavy atom. The molecule has 0 aromatic carbocycles. The van der Waals surface area contributed by atoms with E-state index in [1.807, 2.05) is 0 Å². The normalized spacial score (nSPS) is 18.9. The Bertz CT molecular complexity index is 283. The number of nitrogens with zero attached hydrogens (tertiary/aromatic N) is 1. The van der Waals surface area contributed by atoms with Crippen molar-refractivity contribution >= 4 is 23.1 Å². The molecule has 2 nitrogen and oxygen atoms in total. The van der Waals surface area contributed by atoms with Crippen LogP contribution in [-0.4, -0.2) is 23.6 Å². The van der Waals surface area contributed by atoms with E-state index < -0.39 is 0 Å². The summed E-state index contributed by atoms with van der Waals surface area (Å²) in [5.41, 5.74) is 0. The van der Waals surface area contributed by atoms with Gasteiger partial charge < -0.3 is 4.74 Å². The lowest BCUT2D eigenvalue weighted by Gasteiger charge is -2.33. The average molecular weight is 218 g/mol. The molecule has 1 fully saturated rings. The first-order valence-corrected chi connectivity index (χ1v) is 5.47. The fourth-order valence-electron chi connectivity index (χ4n) is 1.26. The molecule has 1 aliphatic rings. The third-order valence-electron chi connectivity index (χ3n) is 2.06. The van der Waals surface area contributed by atoms with Gasteiger partial charge in [0.25, 0.3) is 0 Å². The summed E-state index contributed by atoms with van der Waals surface area (Å²) in [4.78, 5) is 2.64. The molecule has 72 valence electrons. The van der Waals surface area contributed by atoms with Crippen molar-refractivity contribution in [3.05, 3.63) is 21.9 Å². The zero-order valence-electron chi connectivity index (χ0n) is 7.50. The van der Waals surface area contributed by atoms with Crippen LogP contribution in [0.1, 0.15) is 9.75 Å². The number of hydrogen-bond acceptors (Lipinski definition) is 3. The quantitative estimate of drug-likeness (QED) is 0.721. The highest BCUT2D eigenvalue weighted by Crippen LogP contribution is 2.19. The maximum absolute atomic E-state index is 5.69. The molecule has 1 aromatic rings. The molecule has 2 rings (SSSR count). The fourth-order valence-corrected chi connectivity index (χ4v) is 2.38. The molecule has 1 saturated heterocycles. The van der Waals surface area contributed by atoms with E-state index in [4.69, 9.17) is 16.5 Å². The van der Waals surface area contributed by atoms with E-state index in [0.29, 0.717) is 6.10 Å². The second kappa shape index (κ2) is 3.96. The number of ether oxygens (including phenoxy) is 1. The number of thiophene rings is 1. The van der Waals surface area contributed by atoms with Crippen LogP contribution in [0.5, 0.6) is 0 Å². The zero-order chi connectivity index (χ0) is 9.26. The van der Waals surface area contributed by atoms with Crippen molar-refractivity contribution in [2.45, 2.75) is 19.6 Å². The van der Waals surface area contributed by atoms with Crippen LogP contribution in [0, 0.1) is 6.92 Å². The molecule has 13 heavy (non-hydrogen) atoms. The topological polar surface area (TPSA) is 12.5 Å². The predicted molar refractivity (Wildman–Crippen MR) is 55.1 cm³/mol. The molecule has 0 unspecified atom stereocenters. The van der Waals surface area contributed by atoms with Gasteiger partial charge in [0.15, 0.2) is 0 Å². The van der Waals surface area contributed by atoms with Gasteiger partial charge in [0, 0.05) is 22.8 Å². The molecule has 0 N–H and O–H groups in total. The Morgan fingerprint density at radius 1 is 1.62 bits per heavy atom. The van der Waals surface area contributed by atoms with Crippen LogP contribution in [0.3, 0.4) is 0 Å². The average Bonchev–Trinajstić information content (AvgIpc) is 2.43. The highest BCUT2D eigenvalue weighted by Gasteiger charge is 2.25. The van der Waals surface area contributed by atoms with Crippen molar-refractivity contribution in [2.75, 3.05) is 13.1 Å². The highest BCUT2D eigenvalue weighted by molar-refractivity contribution is 7.11. The molecular formula is C9H12ClNOS. The molecule has 0 spiro atoms. The van der Waals surface area contributed by atoms with E-state index in [9.17, 15) is 0 Å². The molecule has 0 aliphatic carbocycles. The maximum Gasteiger partial charge on any atom is 0.0860 e. The Balaban J connectivity index is 1.74. The molecule has 0 amide bonds. The lowest BCUT2D eigenvalue weighted by Crippen LogP contribution is -2.46.